The summed E-state index contributed by atoms with van der Waals surface area (Å²) in [7, 11) is 0. The molecule has 0 fully saturated rings. The summed E-state index contributed by atoms with van der Waals surface area (Å²) in [5.41, 5.74) is 7.46. The summed E-state index contributed by atoms with van der Waals surface area (Å²) in [6.07, 6.45) is 0. The zero-order valence-electron chi connectivity index (χ0n) is 24.7. The lowest BCUT2D eigenvalue weighted by Gasteiger charge is -2.13. The van der Waals surface area contributed by atoms with Crippen molar-refractivity contribution in [3.8, 4) is 28.5 Å². The number of aromatic nitrogens is 3. The highest BCUT2D eigenvalue weighted by molar-refractivity contribution is 6.23. The zero-order chi connectivity index (χ0) is 30.2. The van der Waals surface area contributed by atoms with Crippen LogP contribution in [-0.4, -0.2) is 14.5 Å². The van der Waals surface area contributed by atoms with Crippen molar-refractivity contribution in [1.29, 1.82) is 0 Å². The molecule has 7 aromatic carbocycles. The average Bonchev–Trinajstić information content (AvgIpc) is 3.68. The largest absolute Gasteiger partial charge is 0.455 e. The van der Waals surface area contributed by atoms with Gasteiger partial charge in [-0.25, -0.2) is 9.97 Å². The second-order valence-corrected chi connectivity index (χ2v) is 11.8. The molecule has 10 aromatic rings. The van der Waals surface area contributed by atoms with Crippen molar-refractivity contribution >= 4 is 65.3 Å². The fourth-order valence-electron chi connectivity index (χ4n) is 7.15. The molecule has 10 rings (SSSR count). The summed E-state index contributed by atoms with van der Waals surface area (Å²) >= 11 is 0. The maximum absolute atomic E-state index is 6.64. The van der Waals surface area contributed by atoms with Gasteiger partial charge in [0.1, 0.15) is 11.2 Å². The molecule has 0 N–H and O–H groups in total. The normalized spacial score (nSPS) is 11.9. The van der Waals surface area contributed by atoms with Crippen LogP contribution in [0, 0.1) is 0 Å². The van der Waals surface area contributed by atoms with Crippen LogP contribution in [0.4, 0.5) is 0 Å². The number of benzene rings is 7. The number of para-hydroxylation sites is 2. The first-order valence-corrected chi connectivity index (χ1v) is 15.5. The predicted molar refractivity (Wildman–Crippen MR) is 190 cm³/mol. The van der Waals surface area contributed by atoms with Gasteiger partial charge >= 0.3 is 0 Å². The number of nitrogens with zero attached hydrogens (tertiary/aromatic N) is 3. The Morgan fingerprint density at radius 2 is 1.11 bits per heavy atom. The SMILES string of the molecule is c1ccc(-c2cc(-c3cc4ccccc4c4c3oc3ccccc34)nc(-n3c4ccccc4c4c5ccccc5ccc43)n2)cc1. The minimum Gasteiger partial charge on any atom is -0.455 e. The Morgan fingerprint density at radius 1 is 0.457 bits per heavy atom. The molecule has 0 radical (unpaired) electrons. The van der Waals surface area contributed by atoms with Gasteiger partial charge in [0.15, 0.2) is 0 Å². The lowest BCUT2D eigenvalue weighted by Crippen LogP contribution is -2.04. The average molecular weight is 588 g/mol. The van der Waals surface area contributed by atoms with Gasteiger partial charge in [0.25, 0.3) is 0 Å². The minimum absolute atomic E-state index is 0.621. The van der Waals surface area contributed by atoms with Crippen LogP contribution in [-0.2, 0) is 0 Å². The minimum atomic E-state index is 0.621. The first-order chi connectivity index (χ1) is 22.8. The molecule has 214 valence electrons. The van der Waals surface area contributed by atoms with Gasteiger partial charge in [0.05, 0.1) is 22.4 Å². The van der Waals surface area contributed by atoms with E-state index in [0.29, 0.717) is 5.95 Å². The molecule has 0 aliphatic carbocycles. The van der Waals surface area contributed by atoms with E-state index in [0.717, 1.165) is 66.3 Å². The molecule has 0 unspecified atom stereocenters. The van der Waals surface area contributed by atoms with Crippen LogP contribution >= 0.6 is 0 Å². The molecule has 3 aromatic heterocycles. The quantitative estimate of drug-likeness (QED) is 0.207. The Hall–Kier alpha value is -6.26. The molecule has 0 saturated heterocycles. The van der Waals surface area contributed by atoms with Crippen LogP contribution in [0.2, 0.25) is 0 Å². The van der Waals surface area contributed by atoms with E-state index in [1.54, 1.807) is 0 Å². The van der Waals surface area contributed by atoms with Crippen molar-refractivity contribution in [3.63, 3.8) is 0 Å². The van der Waals surface area contributed by atoms with Crippen LogP contribution in [0.1, 0.15) is 0 Å². The lowest BCUT2D eigenvalue weighted by molar-refractivity contribution is 0.670. The van der Waals surface area contributed by atoms with Gasteiger partial charge < -0.3 is 4.42 Å². The highest BCUT2D eigenvalue weighted by atomic mass is 16.3. The number of furan rings is 1. The molecule has 46 heavy (non-hydrogen) atoms. The molecule has 3 heterocycles. The van der Waals surface area contributed by atoms with Gasteiger partial charge in [-0.05, 0) is 51.9 Å². The van der Waals surface area contributed by atoms with Gasteiger partial charge in [-0.15, -0.1) is 0 Å². The molecule has 0 saturated carbocycles. The fraction of sp³-hybridized carbons (Fsp3) is 0. The zero-order valence-corrected chi connectivity index (χ0v) is 24.7. The highest BCUT2D eigenvalue weighted by Gasteiger charge is 2.21. The first kappa shape index (κ1) is 25.1. The van der Waals surface area contributed by atoms with Crippen molar-refractivity contribution in [1.82, 2.24) is 14.5 Å². The summed E-state index contributed by atoms with van der Waals surface area (Å²) in [5.74, 6) is 0.621. The standard InChI is InChI=1S/C42H25N3O/c1-2-13-27(14-3-1)34-25-35(33-24-28-15-5-7-17-30(28)40-32-19-9-11-21-38(32)46-41(33)40)44-42(43-34)45-36-20-10-8-18-31(36)39-29-16-6-4-12-26(29)22-23-37(39)45/h1-25H. The Labute approximate surface area is 263 Å². The van der Waals surface area contributed by atoms with E-state index in [4.69, 9.17) is 14.4 Å². The number of hydrogen-bond acceptors (Lipinski definition) is 3. The lowest BCUT2D eigenvalue weighted by atomic mass is 9.98. The summed E-state index contributed by atoms with van der Waals surface area (Å²) in [5, 5.41) is 9.31. The Bertz CT molecular complexity index is 2810. The Balaban J connectivity index is 1.34. The van der Waals surface area contributed by atoms with Crippen LogP contribution in [0.15, 0.2) is 156 Å². The third-order valence-corrected chi connectivity index (χ3v) is 9.19. The topological polar surface area (TPSA) is 43.9 Å². The van der Waals surface area contributed by atoms with Crippen molar-refractivity contribution in [2.45, 2.75) is 0 Å². The van der Waals surface area contributed by atoms with E-state index in [2.05, 4.69) is 138 Å². The van der Waals surface area contributed by atoms with Gasteiger partial charge in [0, 0.05) is 32.7 Å². The van der Waals surface area contributed by atoms with Crippen LogP contribution < -0.4 is 0 Å². The van der Waals surface area contributed by atoms with Crippen molar-refractivity contribution in [2.75, 3.05) is 0 Å². The van der Waals surface area contributed by atoms with Gasteiger partial charge in [-0.1, -0.05) is 121 Å². The molecular formula is C42H25N3O. The summed E-state index contributed by atoms with van der Waals surface area (Å²) in [6.45, 7) is 0. The molecule has 0 amide bonds. The molecule has 4 nitrogen and oxygen atoms in total. The fourth-order valence-corrected chi connectivity index (χ4v) is 7.15. The Morgan fingerprint density at radius 3 is 1.96 bits per heavy atom. The maximum atomic E-state index is 6.64. The molecule has 0 atom stereocenters. The van der Waals surface area contributed by atoms with Crippen LogP contribution in [0.3, 0.4) is 0 Å². The van der Waals surface area contributed by atoms with Gasteiger partial charge in [-0.2, -0.15) is 0 Å². The number of hydrogen-bond donors (Lipinski definition) is 0. The van der Waals surface area contributed by atoms with E-state index in [1.807, 2.05) is 18.2 Å². The second kappa shape index (κ2) is 9.62. The monoisotopic (exact) mass is 587 g/mol. The molecular weight excluding hydrogens is 562 g/mol. The smallest absolute Gasteiger partial charge is 0.235 e. The summed E-state index contributed by atoms with van der Waals surface area (Å²) < 4.78 is 8.86. The third-order valence-electron chi connectivity index (χ3n) is 9.19. The maximum Gasteiger partial charge on any atom is 0.235 e. The molecule has 4 heteroatoms. The first-order valence-electron chi connectivity index (χ1n) is 15.5. The predicted octanol–water partition coefficient (Wildman–Crippen LogP) is 11.1. The molecule has 0 bridgehead atoms. The van der Waals surface area contributed by atoms with E-state index in [1.165, 1.54) is 21.5 Å². The van der Waals surface area contributed by atoms with E-state index in [-0.39, 0.29) is 0 Å². The third kappa shape index (κ3) is 3.61. The van der Waals surface area contributed by atoms with Crippen molar-refractivity contribution < 1.29 is 4.42 Å². The van der Waals surface area contributed by atoms with E-state index < -0.39 is 0 Å². The van der Waals surface area contributed by atoms with Crippen LogP contribution in [0.5, 0.6) is 0 Å². The second-order valence-electron chi connectivity index (χ2n) is 11.8. The number of rotatable bonds is 3. The highest BCUT2D eigenvalue weighted by Crippen LogP contribution is 2.42. The number of fused-ring (bicyclic) bond motifs is 10. The Kier molecular flexibility index (Phi) is 5.25. The van der Waals surface area contributed by atoms with Gasteiger partial charge in [-0.3, -0.25) is 4.57 Å². The van der Waals surface area contributed by atoms with E-state index >= 15 is 0 Å². The van der Waals surface area contributed by atoms with E-state index in [9.17, 15) is 0 Å². The van der Waals surface area contributed by atoms with Crippen LogP contribution in [0.25, 0.3) is 93.8 Å². The van der Waals surface area contributed by atoms with Crippen molar-refractivity contribution in [3.05, 3.63) is 152 Å². The molecule has 0 aliphatic heterocycles. The van der Waals surface area contributed by atoms with Crippen molar-refractivity contribution in [2.24, 2.45) is 0 Å². The molecule has 0 spiro atoms. The summed E-state index contributed by atoms with van der Waals surface area (Å²) in [4.78, 5) is 10.6. The molecule has 0 aliphatic rings. The summed E-state index contributed by atoms with van der Waals surface area (Å²) in [6, 6.07) is 52.9. The van der Waals surface area contributed by atoms with Gasteiger partial charge in [0.2, 0.25) is 5.95 Å².